The third kappa shape index (κ3) is 6.35. The second-order valence-corrected chi connectivity index (χ2v) is 4.64. The van der Waals surface area contributed by atoms with E-state index in [1.54, 1.807) is 38.2 Å². The number of carbonyl (C=O) groups excluding carboxylic acids is 2. The van der Waals surface area contributed by atoms with Crippen molar-refractivity contribution in [3.05, 3.63) is 71.4 Å². The first-order valence-corrected chi connectivity index (χ1v) is 6.64. The van der Waals surface area contributed by atoms with Crippen LogP contribution < -0.4 is 0 Å². The number of ketones is 2. The molecule has 0 amide bonds. The summed E-state index contributed by atoms with van der Waals surface area (Å²) in [5.74, 6) is 2.39. The summed E-state index contributed by atoms with van der Waals surface area (Å²) in [4.78, 5) is 23.1. The Kier molecular flexibility index (Phi) is 6.63. The van der Waals surface area contributed by atoms with Crippen LogP contribution in [0.25, 0.3) is 0 Å². The molecule has 0 aliphatic heterocycles. The molecule has 106 valence electrons. The minimum Gasteiger partial charge on any atom is -0.295 e. The first-order chi connectivity index (χ1) is 10.0. The van der Waals surface area contributed by atoms with E-state index in [2.05, 4.69) is 5.92 Å². The van der Waals surface area contributed by atoms with E-state index in [-0.39, 0.29) is 11.6 Å². The van der Waals surface area contributed by atoms with Crippen LogP contribution in [-0.2, 0) is 9.59 Å². The van der Waals surface area contributed by atoms with Gasteiger partial charge in [0.05, 0.1) is 0 Å². The molecule has 0 spiro atoms. The Balaban J connectivity index is 2.69. The number of carbonyl (C=O) groups is 2. The molecule has 0 saturated heterocycles. The number of hydrogen-bond donors (Lipinski definition) is 0. The van der Waals surface area contributed by atoms with Gasteiger partial charge < -0.3 is 0 Å². The average molecular weight is 278 g/mol. The molecule has 1 aliphatic carbocycles. The third-order valence-corrected chi connectivity index (χ3v) is 2.86. The van der Waals surface area contributed by atoms with Crippen molar-refractivity contribution in [1.82, 2.24) is 0 Å². The van der Waals surface area contributed by atoms with Crippen LogP contribution in [0.3, 0.4) is 0 Å². The summed E-state index contributed by atoms with van der Waals surface area (Å²) in [6, 6.07) is 0. The molecular weight excluding hydrogens is 260 g/mol. The molecule has 0 bridgehead atoms. The Labute approximate surface area is 125 Å². The Morgan fingerprint density at radius 3 is 2.57 bits per heavy atom. The van der Waals surface area contributed by atoms with Gasteiger partial charge in [-0.2, -0.15) is 0 Å². The maximum Gasteiger partial charge on any atom is 0.178 e. The topological polar surface area (TPSA) is 34.1 Å². The van der Waals surface area contributed by atoms with Crippen molar-refractivity contribution >= 4 is 11.6 Å². The van der Waals surface area contributed by atoms with Crippen molar-refractivity contribution in [1.29, 1.82) is 0 Å². The molecule has 0 N–H and O–H groups in total. The predicted molar refractivity (Wildman–Crippen MR) is 86.5 cm³/mol. The second kappa shape index (κ2) is 8.50. The van der Waals surface area contributed by atoms with Gasteiger partial charge in [-0.3, -0.25) is 9.59 Å². The van der Waals surface area contributed by atoms with Gasteiger partial charge in [0, 0.05) is 6.42 Å². The van der Waals surface area contributed by atoms with E-state index < -0.39 is 0 Å². The highest BCUT2D eigenvalue weighted by atomic mass is 16.1. The first-order valence-electron chi connectivity index (χ1n) is 6.64. The Morgan fingerprint density at radius 1 is 1.19 bits per heavy atom. The average Bonchev–Trinajstić information content (AvgIpc) is 2.70. The van der Waals surface area contributed by atoms with Gasteiger partial charge >= 0.3 is 0 Å². The monoisotopic (exact) mass is 278 g/mol. The lowest BCUT2D eigenvalue weighted by Gasteiger charge is -2.01. The van der Waals surface area contributed by atoms with Crippen LogP contribution in [0.4, 0.5) is 0 Å². The number of hydrogen-bond acceptors (Lipinski definition) is 2. The van der Waals surface area contributed by atoms with Crippen LogP contribution in [0.5, 0.6) is 0 Å². The Hall–Kier alpha value is -2.66. The predicted octanol–water partition coefficient (Wildman–Crippen LogP) is 3.65. The van der Waals surface area contributed by atoms with Gasteiger partial charge in [0.1, 0.15) is 0 Å². The summed E-state index contributed by atoms with van der Waals surface area (Å²) in [7, 11) is 0. The molecule has 1 aliphatic rings. The first kappa shape index (κ1) is 16.4. The number of Topliss-reactive ketones (excluding diaryl/α,β-unsaturated/α-hetero) is 1. The van der Waals surface area contributed by atoms with E-state index >= 15 is 0 Å². The van der Waals surface area contributed by atoms with E-state index in [4.69, 9.17) is 6.42 Å². The highest BCUT2D eigenvalue weighted by molar-refractivity contribution is 5.99. The van der Waals surface area contributed by atoms with Gasteiger partial charge in [-0.05, 0) is 42.7 Å². The molecular formula is C19H18O2. The molecule has 0 aromatic rings. The molecule has 2 heteroatoms. The lowest BCUT2D eigenvalue weighted by molar-refractivity contribution is -0.113. The minimum atomic E-state index is -0.126. The SMILES string of the molecule is C#C/C(C)=C\C=C\C(=O)/C=C/C1=CC=CC=C(C(C)=O)C1. The molecule has 21 heavy (non-hydrogen) atoms. The van der Waals surface area contributed by atoms with Crippen LogP contribution in [-0.4, -0.2) is 11.6 Å². The lowest BCUT2D eigenvalue weighted by atomic mass is 10.0. The van der Waals surface area contributed by atoms with E-state index in [1.807, 2.05) is 18.2 Å². The normalized spacial score (nSPS) is 15.6. The van der Waals surface area contributed by atoms with Crippen LogP contribution in [0.2, 0.25) is 0 Å². The molecule has 0 atom stereocenters. The van der Waals surface area contributed by atoms with Crippen molar-refractivity contribution in [2.24, 2.45) is 0 Å². The maximum atomic E-state index is 11.7. The smallest absolute Gasteiger partial charge is 0.178 e. The van der Waals surface area contributed by atoms with Crippen LogP contribution in [0, 0.1) is 12.3 Å². The summed E-state index contributed by atoms with van der Waals surface area (Å²) in [5.41, 5.74) is 2.41. The van der Waals surface area contributed by atoms with Gasteiger partial charge in [0.15, 0.2) is 11.6 Å². The molecule has 0 aromatic heterocycles. The van der Waals surface area contributed by atoms with Crippen molar-refractivity contribution in [2.45, 2.75) is 20.3 Å². The Morgan fingerprint density at radius 2 is 1.90 bits per heavy atom. The van der Waals surface area contributed by atoms with Crippen LogP contribution >= 0.6 is 0 Å². The zero-order chi connectivity index (χ0) is 15.7. The van der Waals surface area contributed by atoms with Crippen LogP contribution in [0.15, 0.2) is 71.4 Å². The highest BCUT2D eigenvalue weighted by Crippen LogP contribution is 2.16. The van der Waals surface area contributed by atoms with Gasteiger partial charge in [-0.1, -0.05) is 48.5 Å². The van der Waals surface area contributed by atoms with Crippen molar-refractivity contribution in [3.8, 4) is 12.3 Å². The quantitative estimate of drug-likeness (QED) is 0.437. The number of terminal acetylenes is 1. The summed E-state index contributed by atoms with van der Waals surface area (Å²) in [5, 5.41) is 0. The molecule has 0 fully saturated rings. The fraction of sp³-hybridized carbons (Fsp3) is 0.158. The van der Waals surface area contributed by atoms with Crippen molar-refractivity contribution in [3.63, 3.8) is 0 Å². The van der Waals surface area contributed by atoms with E-state index in [1.165, 1.54) is 12.2 Å². The molecule has 0 heterocycles. The van der Waals surface area contributed by atoms with Gasteiger partial charge in [0.2, 0.25) is 0 Å². The standard InChI is InChI=1S/C19H18O2/c1-4-15(2)8-7-11-19(21)13-12-17-9-5-6-10-18(14-17)16(3)20/h1,5-13H,14H2,2-3H3/b11-7+,13-12+,15-8-. The van der Waals surface area contributed by atoms with Crippen molar-refractivity contribution in [2.75, 3.05) is 0 Å². The summed E-state index contributed by atoms with van der Waals surface area (Å²) in [6.07, 6.45) is 21.1. The molecule has 2 nitrogen and oxygen atoms in total. The van der Waals surface area contributed by atoms with Gasteiger partial charge in [0.25, 0.3) is 0 Å². The molecule has 0 aromatic carbocycles. The van der Waals surface area contributed by atoms with Gasteiger partial charge in [-0.25, -0.2) is 0 Å². The molecule has 0 unspecified atom stereocenters. The number of rotatable bonds is 5. The summed E-state index contributed by atoms with van der Waals surface area (Å²) < 4.78 is 0. The van der Waals surface area contributed by atoms with E-state index in [0.717, 1.165) is 16.7 Å². The highest BCUT2D eigenvalue weighted by Gasteiger charge is 2.06. The summed E-state index contributed by atoms with van der Waals surface area (Å²) in [6.45, 7) is 3.34. The van der Waals surface area contributed by atoms with Gasteiger partial charge in [-0.15, -0.1) is 6.42 Å². The zero-order valence-corrected chi connectivity index (χ0v) is 12.3. The molecule has 0 saturated carbocycles. The fourth-order valence-electron chi connectivity index (χ4n) is 1.63. The number of allylic oxidation sites excluding steroid dienone is 12. The largest absolute Gasteiger partial charge is 0.295 e. The van der Waals surface area contributed by atoms with Crippen molar-refractivity contribution < 1.29 is 9.59 Å². The molecule has 0 radical (unpaired) electrons. The van der Waals surface area contributed by atoms with E-state index in [9.17, 15) is 9.59 Å². The Bertz CT molecular complexity index is 642. The minimum absolute atomic E-state index is 0.0435. The summed E-state index contributed by atoms with van der Waals surface area (Å²) >= 11 is 0. The molecule has 1 rings (SSSR count). The van der Waals surface area contributed by atoms with E-state index in [0.29, 0.717) is 6.42 Å². The second-order valence-electron chi connectivity index (χ2n) is 4.64. The maximum absolute atomic E-state index is 11.7. The lowest BCUT2D eigenvalue weighted by Crippen LogP contribution is -1.97. The third-order valence-electron chi connectivity index (χ3n) is 2.86. The fourth-order valence-corrected chi connectivity index (χ4v) is 1.63. The zero-order valence-electron chi connectivity index (χ0n) is 12.3. The van der Waals surface area contributed by atoms with Crippen LogP contribution in [0.1, 0.15) is 20.3 Å².